The molecular weight excluding hydrogens is 417 g/mol. The first-order valence-corrected chi connectivity index (χ1v) is 9.72. The second kappa shape index (κ2) is 13.5. The molecule has 0 aliphatic carbocycles. The Morgan fingerprint density at radius 3 is 2.03 bits per heavy atom. The third-order valence-electron chi connectivity index (χ3n) is 4.07. The molecule has 0 unspecified atom stereocenters. The molecule has 0 spiro atoms. The quantitative estimate of drug-likeness (QED) is 0.249. The van der Waals surface area contributed by atoms with Crippen LogP contribution >= 0.6 is 0 Å². The summed E-state index contributed by atoms with van der Waals surface area (Å²) < 4.78 is 24.5. The molecule has 0 radical (unpaired) electrons. The highest BCUT2D eigenvalue weighted by Crippen LogP contribution is 2.11. The maximum absolute atomic E-state index is 14.5. The number of carbonyl (C=O) groups is 2. The van der Waals surface area contributed by atoms with Crippen molar-refractivity contribution in [3.8, 4) is 0 Å². The lowest BCUT2D eigenvalue weighted by atomic mass is 10.1. The van der Waals surface area contributed by atoms with Gasteiger partial charge in [-0.2, -0.15) is 0 Å². The van der Waals surface area contributed by atoms with Crippen LogP contribution in [-0.2, 0) is 23.9 Å². The Labute approximate surface area is 185 Å². The maximum atomic E-state index is 14.5. The number of nitrogens with zero attached hydrogens (tertiary/aromatic N) is 1. The molecule has 32 heavy (non-hydrogen) atoms. The zero-order valence-electron chi connectivity index (χ0n) is 17.4. The van der Waals surface area contributed by atoms with E-state index in [9.17, 15) is 19.1 Å². The third-order valence-corrected chi connectivity index (χ3v) is 4.07. The number of rotatable bonds is 11. The van der Waals surface area contributed by atoms with Crippen molar-refractivity contribution in [2.24, 2.45) is 5.16 Å². The second-order valence-electron chi connectivity index (χ2n) is 6.47. The van der Waals surface area contributed by atoms with E-state index in [2.05, 4.69) is 9.99 Å². The first-order chi connectivity index (χ1) is 15.5. The first-order valence-electron chi connectivity index (χ1n) is 9.72. The highest BCUT2D eigenvalue weighted by molar-refractivity contribution is 5.88. The summed E-state index contributed by atoms with van der Waals surface area (Å²) in [4.78, 5) is 28.4. The van der Waals surface area contributed by atoms with Crippen LogP contribution in [0.25, 0.3) is 12.2 Å². The zero-order valence-corrected chi connectivity index (χ0v) is 17.4. The largest absolute Gasteiger partial charge is 0.460 e. The molecule has 0 aromatic heterocycles. The number of esters is 2. The van der Waals surface area contributed by atoms with Crippen LogP contribution in [0.5, 0.6) is 0 Å². The number of oxime groups is 1. The van der Waals surface area contributed by atoms with Gasteiger partial charge in [-0.05, 0) is 23.3 Å². The fraction of sp³-hybridized carbons (Fsp3) is 0.208. The van der Waals surface area contributed by atoms with Crippen molar-refractivity contribution in [3.63, 3.8) is 0 Å². The van der Waals surface area contributed by atoms with E-state index in [1.807, 2.05) is 24.3 Å². The summed E-state index contributed by atoms with van der Waals surface area (Å²) in [7, 11) is 1.21. The van der Waals surface area contributed by atoms with Crippen molar-refractivity contribution in [2.75, 3.05) is 13.7 Å². The Balaban J connectivity index is 1.97. The molecule has 0 bridgehead atoms. The van der Waals surface area contributed by atoms with Crippen molar-refractivity contribution in [2.45, 2.75) is 18.4 Å². The highest BCUT2D eigenvalue weighted by atomic mass is 19.1. The van der Waals surface area contributed by atoms with Gasteiger partial charge in [0.1, 0.15) is 19.8 Å². The molecule has 0 aliphatic heterocycles. The summed E-state index contributed by atoms with van der Waals surface area (Å²) in [6.07, 6.45) is 0.705. The van der Waals surface area contributed by atoms with Crippen LogP contribution in [0.3, 0.4) is 0 Å². The van der Waals surface area contributed by atoms with Crippen LogP contribution in [0.1, 0.15) is 11.1 Å². The van der Waals surface area contributed by atoms with Gasteiger partial charge in [0.2, 0.25) is 0 Å². The van der Waals surface area contributed by atoms with E-state index in [0.29, 0.717) is 0 Å². The van der Waals surface area contributed by atoms with Crippen LogP contribution < -0.4 is 0 Å². The van der Waals surface area contributed by atoms with Crippen molar-refractivity contribution in [1.29, 1.82) is 0 Å². The molecule has 0 aliphatic rings. The van der Waals surface area contributed by atoms with E-state index in [-0.39, 0.29) is 0 Å². The molecule has 168 valence electrons. The van der Waals surface area contributed by atoms with Crippen molar-refractivity contribution < 1.29 is 33.4 Å². The molecule has 2 aromatic carbocycles. The van der Waals surface area contributed by atoms with Gasteiger partial charge in [-0.3, -0.25) is 0 Å². The smallest absolute Gasteiger partial charge is 0.331 e. The van der Waals surface area contributed by atoms with Crippen molar-refractivity contribution >= 4 is 30.3 Å². The number of alkyl halides is 1. The number of hydrogen-bond donors (Lipinski definition) is 1. The molecule has 0 saturated carbocycles. The van der Waals surface area contributed by atoms with Crippen LogP contribution in [0.4, 0.5) is 4.39 Å². The molecule has 1 N–H and O–H groups in total. The van der Waals surface area contributed by atoms with Crippen molar-refractivity contribution in [3.05, 3.63) is 83.9 Å². The summed E-state index contributed by atoms with van der Waals surface area (Å²) in [5, 5.41) is 13.6. The molecule has 8 heteroatoms. The molecule has 0 amide bonds. The van der Waals surface area contributed by atoms with E-state index in [1.165, 1.54) is 25.3 Å². The fourth-order valence-electron chi connectivity index (χ4n) is 2.50. The minimum atomic E-state index is -2.00. The molecule has 0 saturated heterocycles. The standard InChI is InChI=1S/C24H24FNO6/c1-30-26-16-20(25)24(32-23(29)15-13-19-10-6-3-7-11-19)21(27)17-31-22(28)14-12-18-8-4-2-5-9-18/h2-16,20-21,24,27H,17H2,1H3/t20-,21-,24-/m0/s1. The molecule has 2 aromatic rings. The van der Waals surface area contributed by atoms with Crippen LogP contribution in [-0.4, -0.2) is 55.4 Å². The van der Waals surface area contributed by atoms with Crippen LogP contribution in [0, 0.1) is 0 Å². The lowest BCUT2D eigenvalue weighted by Gasteiger charge is -2.23. The minimum absolute atomic E-state index is 0.598. The molecule has 0 fully saturated rings. The monoisotopic (exact) mass is 441 g/mol. The lowest BCUT2D eigenvalue weighted by Crippen LogP contribution is -2.42. The summed E-state index contributed by atoms with van der Waals surface area (Å²) >= 11 is 0. The SMILES string of the molecule is CON=C[C@H](F)[C@H](OC(=O)C=Cc1ccccc1)[C@@H](O)COC(=O)C=Cc1ccccc1. The predicted molar refractivity (Wildman–Crippen MR) is 118 cm³/mol. The topological polar surface area (TPSA) is 94.4 Å². The number of halogens is 1. The normalized spacial score (nSPS) is 14.3. The number of ether oxygens (including phenoxy) is 2. The predicted octanol–water partition coefficient (Wildman–Crippen LogP) is 3.20. The molecular formula is C24H24FNO6. The molecule has 2 rings (SSSR count). The maximum Gasteiger partial charge on any atom is 0.331 e. The Morgan fingerprint density at radius 2 is 1.50 bits per heavy atom. The van der Waals surface area contributed by atoms with Gasteiger partial charge in [0.25, 0.3) is 0 Å². The van der Waals surface area contributed by atoms with Gasteiger partial charge in [0, 0.05) is 12.2 Å². The number of aliphatic hydroxyl groups is 1. The van der Waals surface area contributed by atoms with E-state index in [1.54, 1.807) is 36.4 Å². The number of aliphatic hydroxyl groups excluding tert-OH is 1. The lowest BCUT2D eigenvalue weighted by molar-refractivity contribution is -0.158. The van der Waals surface area contributed by atoms with Gasteiger partial charge in [-0.15, -0.1) is 0 Å². The molecule has 0 heterocycles. The van der Waals surface area contributed by atoms with Gasteiger partial charge in [0.15, 0.2) is 12.3 Å². The van der Waals surface area contributed by atoms with Gasteiger partial charge < -0.3 is 19.4 Å². The summed E-state index contributed by atoms with van der Waals surface area (Å²) in [5.74, 6) is -1.63. The Hall–Kier alpha value is -3.78. The zero-order chi connectivity index (χ0) is 23.2. The Kier molecular flexibility index (Phi) is 10.3. The van der Waals surface area contributed by atoms with Gasteiger partial charge in [-0.1, -0.05) is 65.8 Å². The van der Waals surface area contributed by atoms with Gasteiger partial charge in [-0.25, -0.2) is 14.0 Å². The average molecular weight is 441 g/mol. The number of benzene rings is 2. The molecule has 7 nitrogen and oxygen atoms in total. The van der Waals surface area contributed by atoms with E-state index in [0.717, 1.165) is 23.4 Å². The third kappa shape index (κ3) is 8.93. The molecule has 3 atom stereocenters. The summed E-state index contributed by atoms with van der Waals surface area (Å²) in [6, 6.07) is 18.0. The fourth-order valence-corrected chi connectivity index (χ4v) is 2.50. The Bertz CT molecular complexity index is 930. The highest BCUT2D eigenvalue weighted by Gasteiger charge is 2.32. The minimum Gasteiger partial charge on any atom is -0.460 e. The second-order valence-corrected chi connectivity index (χ2v) is 6.47. The van der Waals surface area contributed by atoms with Gasteiger partial charge in [0.05, 0.1) is 6.21 Å². The number of hydrogen-bond acceptors (Lipinski definition) is 7. The number of carbonyl (C=O) groups excluding carboxylic acids is 2. The van der Waals surface area contributed by atoms with Gasteiger partial charge >= 0.3 is 11.9 Å². The van der Waals surface area contributed by atoms with E-state index >= 15 is 0 Å². The first kappa shape index (κ1) is 24.5. The summed E-state index contributed by atoms with van der Waals surface area (Å²) in [6.45, 7) is -0.598. The van der Waals surface area contributed by atoms with E-state index in [4.69, 9.17) is 9.47 Å². The Morgan fingerprint density at radius 1 is 0.969 bits per heavy atom. The van der Waals surface area contributed by atoms with Crippen LogP contribution in [0.2, 0.25) is 0 Å². The van der Waals surface area contributed by atoms with Crippen molar-refractivity contribution in [1.82, 2.24) is 0 Å². The van der Waals surface area contributed by atoms with Crippen LogP contribution in [0.15, 0.2) is 78.0 Å². The summed E-state index contributed by atoms with van der Waals surface area (Å²) in [5.41, 5.74) is 1.51. The average Bonchev–Trinajstić information content (AvgIpc) is 2.83. The van der Waals surface area contributed by atoms with E-state index < -0.39 is 36.9 Å².